The number of nitrogens with two attached hydrogens (primary N) is 1. The molecule has 0 radical (unpaired) electrons. The van der Waals surface area contributed by atoms with Crippen LogP contribution in [0.1, 0.15) is 9.67 Å². The number of methoxy groups -OCH3 is 2. The molecule has 27 heavy (non-hydrogen) atoms. The number of amides is 1. The van der Waals surface area contributed by atoms with Crippen molar-refractivity contribution >= 4 is 52.6 Å². The van der Waals surface area contributed by atoms with E-state index in [0.717, 1.165) is 11.3 Å². The molecule has 0 saturated carbocycles. The fourth-order valence-corrected chi connectivity index (χ4v) is 3.92. The second kappa shape index (κ2) is 7.99. The van der Waals surface area contributed by atoms with Gasteiger partial charge in [-0.2, -0.15) is 0 Å². The van der Waals surface area contributed by atoms with E-state index in [0.29, 0.717) is 31.9 Å². The van der Waals surface area contributed by atoms with Crippen LogP contribution in [-0.2, 0) is 0 Å². The van der Waals surface area contributed by atoms with Crippen molar-refractivity contribution in [2.24, 2.45) is 0 Å². The molecule has 0 saturated heterocycles. The summed E-state index contributed by atoms with van der Waals surface area (Å²) in [7, 11) is 3.10. The van der Waals surface area contributed by atoms with E-state index in [1.54, 1.807) is 61.3 Å². The second-order valence-corrected chi connectivity index (χ2v) is 7.44. The molecule has 1 amide bonds. The molecule has 0 aliphatic heterocycles. The van der Waals surface area contributed by atoms with Crippen LogP contribution in [0.25, 0.3) is 5.69 Å². The third-order valence-electron chi connectivity index (χ3n) is 3.80. The number of benzene rings is 2. The lowest BCUT2D eigenvalue weighted by Crippen LogP contribution is -2.14. The number of carbonyl (C=O) groups excluding carboxylic acids is 1. The molecule has 2 aromatic carbocycles. The maximum absolute atomic E-state index is 12.7. The quantitative estimate of drug-likeness (QED) is 0.580. The molecule has 0 aliphatic rings. The normalized spacial score (nSPS) is 10.5. The molecular formula is C18H16ClN3O3S2. The number of nitrogen functional groups attached to an aromatic ring is 1. The minimum Gasteiger partial charge on any atom is -0.497 e. The molecular weight excluding hydrogens is 406 g/mol. The van der Waals surface area contributed by atoms with E-state index in [1.165, 1.54) is 0 Å². The number of hydrogen-bond acceptors (Lipinski definition) is 6. The van der Waals surface area contributed by atoms with Crippen molar-refractivity contribution in [3.8, 4) is 17.2 Å². The van der Waals surface area contributed by atoms with E-state index in [1.807, 2.05) is 0 Å². The number of nitrogens with one attached hydrogen (secondary N) is 1. The number of rotatable bonds is 5. The average molecular weight is 422 g/mol. The Kier molecular flexibility index (Phi) is 5.69. The average Bonchev–Trinajstić information content (AvgIpc) is 2.97. The molecule has 0 spiro atoms. The molecule has 3 N–H and O–H groups in total. The highest BCUT2D eigenvalue weighted by atomic mass is 35.5. The second-order valence-electron chi connectivity index (χ2n) is 5.39. The fourth-order valence-electron chi connectivity index (χ4n) is 2.49. The SMILES string of the molecule is COc1ccc(OC)c(-n2c(N)c(C(=O)Nc3ccccc3Cl)sc2=S)c1. The van der Waals surface area contributed by atoms with Crippen molar-refractivity contribution in [1.82, 2.24) is 4.57 Å². The van der Waals surface area contributed by atoms with Gasteiger partial charge in [0.2, 0.25) is 0 Å². The minimum absolute atomic E-state index is 0.209. The Morgan fingerprint density at radius 1 is 1.22 bits per heavy atom. The van der Waals surface area contributed by atoms with E-state index >= 15 is 0 Å². The lowest BCUT2D eigenvalue weighted by atomic mass is 10.2. The van der Waals surface area contributed by atoms with Gasteiger partial charge in [0.25, 0.3) is 5.91 Å². The summed E-state index contributed by atoms with van der Waals surface area (Å²) < 4.78 is 12.7. The van der Waals surface area contributed by atoms with E-state index in [-0.39, 0.29) is 10.7 Å². The lowest BCUT2D eigenvalue weighted by Gasteiger charge is -2.13. The van der Waals surface area contributed by atoms with Gasteiger partial charge in [-0.25, -0.2) is 0 Å². The summed E-state index contributed by atoms with van der Waals surface area (Å²) in [6, 6.07) is 12.2. The van der Waals surface area contributed by atoms with Gasteiger partial charge in [0.05, 0.1) is 30.6 Å². The summed E-state index contributed by atoms with van der Waals surface area (Å²) in [5.74, 6) is 0.980. The molecule has 9 heteroatoms. The van der Waals surface area contributed by atoms with Crippen molar-refractivity contribution < 1.29 is 14.3 Å². The summed E-state index contributed by atoms with van der Waals surface area (Å²) in [5, 5.41) is 3.19. The molecule has 0 bridgehead atoms. The predicted molar refractivity (Wildman–Crippen MR) is 111 cm³/mol. The molecule has 0 atom stereocenters. The van der Waals surface area contributed by atoms with Gasteiger partial charge < -0.3 is 20.5 Å². The number of carbonyl (C=O) groups is 1. The standard InChI is InChI=1S/C18H16ClN3O3S2/c1-24-10-7-8-14(25-2)13(9-10)22-16(20)15(27-18(22)26)17(23)21-12-6-4-3-5-11(12)19/h3-9H,20H2,1-2H3,(H,21,23). The highest BCUT2D eigenvalue weighted by Gasteiger charge is 2.21. The Bertz CT molecular complexity index is 1060. The number of para-hydroxylation sites is 1. The first-order chi connectivity index (χ1) is 13.0. The zero-order valence-electron chi connectivity index (χ0n) is 14.5. The molecule has 140 valence electrons. The van der Waals surface area contributed by atoms with Crippen LogP contribution in [0, 0.1) is 3.95 Å². The number of aromatic nitrogens is 1. The number of hydrogen-bond donors (Lipinski definition) is 2. The van der Waals surface area contributed by atoms with Crippen molar-refractivity contribution in [2.75, 3.05) is 25.3 Å². The van der Waals surface area contributed by atoms with Crippen LogP contribution in [0.2, 0.25) is 5.02 Å². The zero-order chi connectivity index (χ0) is 19.6. The van der Waals surface area contributed by atoms with E-state index in [2.05, 4.69) is 5.32 Å². The molecule has 0 fully saturated rings. The van der Waals surface area contributed by atoms with E-state index in [4.69, 9.17) is 39.0 Å². The molecule has 3 aromatic rings. The molecule has 0 unspecified atom stereocenters. The zero-order valence-corrected chi connectivity index (χ0v) is 16.9. The smallest absolute Gasteiger partial charge is 0.269 e. The Balaban J connectivity index is 2.05. The number of ether oxygens (including phenoxy) is 2. The van der Waals surface area contributed by atoms with Gasteiger partial charge in [0.15, 0.2) is 3.95 Å². The topological polar surface area (TPSA) is 78.5 Å². The van der Waals surface area contributed by atoms with Gasteiger partial charge >= 0.3 is 0 Å². The van der Waals surface area contributed by atoms with Crippen LogP contribution >= 0.6 is 35.2 Å². The Hall–Kier alpha value is -2.55. The van der Waals surface area contributed by atoms with Crippen LogP contribution in [0.3, 0.4) is 0 Å². The maximum atomic E-state index is 12.7. The number of nitrogens with zero attached hydrogens (tertiary/aromatic N) is 1. The highest BCUT2D eigenvalue weighted by Crippen LogP contribution is 2.34. The van der Waals surface area contributed by atoms with Crippen molar-refractivity contribution in [3.63, 3.8) is 0 Å². The number of halogens is 1. The van der Waals surface area contributed by atoms with Crippen LogP contribution in [0.5, 0.6) is 11.5 Å². The summed E-state index contributed by atoms with van der Waals surface area (Å²) in [6.45, 7) is 0. The fraction of sp³-hybridized carbons (Fsp3) is 0.111. The van der Waals surface area contributed by atoms with Gasteiger partial charge in [-0.1, -0.05) is 35.1 Å². The van der Waals surface area contributed by atoms with E-state index in [9.17, 15) is 4.79 Å². The Labute approximate surface area is 170 Å². The third kappa shape index (κ3) is 3.78. The summed E-state index contributed by atoms with van der Waals surface area (Å²) in [5.41, 5.74) is 7.34. The minimum atomic E-state index is -0.391. The Morgan fingerprint density at radius 3 is 2.63 bits per heavy atom. The number of thiazole rings is 1. The summed E-state index contributed by atoms with van der Waals surface area (Å²) in [6.07, 6.45) is 0. The molecule has 0 aliphatic carbocycles. The summed E-state index contributed by atoms with van der Waals surface area (Å²) >= 11 is 12.6. The van der Waals surface area contributed by atoms with Crippen LogP contribution in [0.15, 0.2) is 42.5 Å². The molecule has 1 aromatic heterocycles. The maximum Gasteiger partial charge on any atom is 0.269 e. The number of anilines is 2. The lowest BCUT2D eigenvalue weighted by molar-refractivity contribution is 0.103. The van der Waals surface area contributed by atoms with Crippen LogP contribution in [-0.4, -0.2) is 24.7 Å². The van der Waals surface area contributed by atoms with Gasteiger partial charge in [-0.3, -0.25) is 9.36 Å². The Morgan fingerprint density at radius 2 is 1.96 bits per heavy atom. The van der Waals surface area contributed by atoms with Crippen LogP contribution < -0.4 is 20.5 Å². The first kappa shape index (κ1) is 19.2. The monoisotopic (exact) mass is 421 g/mol. The predicted octanol–water partition coefficient (Wildman–Crippen LogP) is 4.77. The highest BCUT2D eigenvalue weighted by molar-refractivity contribution is 7.73. The molecule has 6 nitrogen and oxygen atoms in total. The first-order valence-corrected chi connectivity index (χ1v) is 9.36. The molecule has 3 rings (SSSR count). The summed E-state index contributed by atoms with van der Waals surface area (Å²) in [4.78, 5) is 13.0. The van der Waals surface area contributed by atoms with E-state index < -0.39 is 5.91 Å². The third-order valence-corrected chi connectivity index (χ3v) is 5.52. The van der Waals surface area contributed by atoms with Crippen molar-refractivity contribution in [1.29, 1.82) is 0 Å². The van der Waals surface area contributed by atoms with Crippen molar-refractivity contribution in [2.45, 2.75) is 0 Å². The van der Waals surface area contributed by atoms with Gasteiger partial charge in [0, 0.05) is 6.07 Å². The van der Waals surface area contributed by atoms with Gasteiger partial charge in [0.1, 0.15) is 22.2 Å². The first-order valence-electron chi connectivity index (χ1n) is 7.76. The van der Waals surface area contributed by atoms with Gasteiger partial charge in [-0.05, 0) is 36.5 Å². The van der Waals surface area contributed by atoms with Crippen molar-refractivity contribution in [3.05, 3.63) is 56.3 Å². The van der Waals surface area contributed by atoms with Gasteiger partial charge in [-0.15, -0.1) is 0 Å². The largest absolute Gasteiger partial charge is 0.497 e. The van der Waals surface area contributed by atoms with Crippen LogP contribution in [0.4, 0.5) is 11.5 Å². The molecule has 1 heterocycles.